The maximum Gasteiger partial charge on any atom is 0.345 e. The molecule has 0 saturated heterocycles. The third kappa shape index (κ3) is 5.53. The number of benzene rings is 3. The number of phenolic OH excluding ortho intramolecular Hbond substituents is 1. The zero-order valence-electron chi connectivity index (χ0n) is 16.1. The number of hydrazone groups is 1. The highest BCUT2D eigenvalue weighted by Crippen LogP contribution is 2.30. The molecule has 9 heteroatoms. The van der Waals surface area contributed by atoms with Gasteiger partial charge in [-0.3, -0.25) is 4.79 Å². The molecule has 0 aliphatic carbocycles. The number of amides is 1. The zero-order valence-corrected chi connectivity index (χ0v) is 17.6. The van der Waals surface area contributed by atoms with E-state index >= 15 is 0 Å². The van der Waals surface area contributed by atoms with Crippen LogP contribution in [0.1, 0.15) is 26.3 Å². The highest BCUT2D eigenvalue weighted by molar-refractivity contribution is 6.36. The number of para-hydroxylation sites is 1. The van der Waals surface area contributed by atoms with Crippen molar-refractivity contribution in [2.45, 2.75) is 0 Å². The molecule has 0 heterocycles. The summed E-state index contributed by atoms with van der Waals surface area (Å²) in [7, 11) is 1.42. The van der Waals surface area contributed by atoms with Crippen molar-refractivity contribution in [1.82, 2.24) is 5.43 Å². The first-order valence-corrected chi connectivity index (χ1v) is 9.61. The van der Waals surface area contributed by atoms with Gasteiger partial charge in [-0.05, 0) is 54.1 Å². The van der Waals surface area contributed by atoms with Crippen molar-refractivity contribution in [2.75, 3.05) is 7.11 Å². The van der Waals surface area contributed by atoms with Gasteiger partial charge in [-0.15, -0.1) is 0 Å². The monoisotopic (exact) mass is 458 g/mol. The Morgan fingerprint density at radius 2 is 1.77 bits per heavy atom. The van der Waals surface area contributed by atoms with Crippen molar-refractivity contribution in [3.8, 4) is 17.2 Å². The lowest BCUT2D eigenvalue weighted by molar-refractivity contribution is 0.0729. The second-order valence-corrected chi connectivity index (χ2v) is 6.98. The van der Waals surface area contributed by atoms with Gasteiger partial charge in [0.2, 0.25) is 0 Å². The molecule has 0 aliphatic rings. The second-order valence-electron chi connectivity index (χ2n) is 6.14. The van der Waals surface area contributed by atoms with Crippen LogP contribution in [0, 0.1) is 0 Å². The minimum Gasteiger partial charge on any atom is -0.507 e. The molecular formula is C22H16Cl2N2O5. The minimum absolute atomic E-state index is 0.0975. The van der Waals surface area contributed by atoms with Crippen molar-refractivity contribution < 1.29 is 24.2 Å². The normalized spacial score (nSPS) is 10.7. The molecule has 0 spiro atoms. The number of nitrogens with zero attached hydrogens (tertiary/aromatic N) is 1. The number of nitrogens with one attached hydrogen (secondary N) is 1. The van der Waals surface area contributed by atoms with Crippen molar-refractivity contribution in [2.24, 2.45) is 5.10 Å². The standard InChI is InChI=1S/C22H16Cl2N2O5/c1-30-20-10-13(12-25-26-21(28)16-4-2-3-5-18(16)27)6-9-19(20)31-22(29)15-8-7-14(23)11-17(15)24/h2-12,27H,1H3,(H,26,28)/b25-12-. The molecule has 3 rings (SSSR count). The predicted octanol–water partition coefficient (Wildman–Crippen LogP) is 4.69. The molecule has 0 radical (unpaired) electrons. The molecule has 1 amide bonds. The van der Waals surface area contributed by atoms with Gasteiger partial charge in [0.15, 0.2) is 11.5 Å². The Labute approximate surface area is 187 Å². The number of methoxy groups -OCH3 is 1. The van der Waals surface area contributed by atoms with Crippen LogP contribution in [-0.2, 0) is 0 Å². The third-order valence-corrected chi connectivity index (χ3v) is 4.62. The van der Waals surface area contributed by atoms with Gasteiger partial charge in [0, 0.05) is 5.02 Å². The van der Waals surface area contributed by atoms with Gasteiger partial charge in [-0.1, -0.05) is 35.3 Å². The Hall–Kier alpha value is -3.55. The first-order chi connectivity index (χ1) is 14.9. The summed E-state index contributed by atoms with van der Waals surface area (Å²) in [5.74, 6) is -0.935. The van der Waals surface area contributed by atoms with Gasteiger partial charge in [0.05, 0.1) is 29.5 Å². The predicted molar refractivity (Wildman–Crippen MR) is 118 cm³/mol. The van der Waals surface area contributed by atoms with Crippen LogP contribution in [-0.4, -0.2) is 30.3 Å². The Balaban J connectivity index is 1.71. The third-order valence-electron chi connectivity index (χ3n) is 4.07. The van der Waals surface area contributed by atoms with Crippen LogP contribution >= 0.6 is 23.2 Å². The van der Waals surface area contributed by atoms with Crippen LogP contribution in [0.2, 0.25) is 10.0 Å². The summed E-state index contributed by atoms with van der Waals surface area (Å²) in [6, 6.07) is 15.3. The quantitative estimate of drug-likeness (QED) is 0.241. The summed E-state index contributed by atoms with van der Waals surface area (Å²) in [4.78, 5) is 24.5. The summed E-state index contributed by atoms with van der Waals surface area (Å²) in [6.45, 7) is 0. The van der Waals surface area contributed by atoms with Crippen molar-refractivity contribution >= 4 is 41.3 Å². The SMILES string of the molecule is COc1cc(/C=N\NC(=O)c2ccccc2O)ccc1OC(=O)c1ccc(Cl)cc1Cl. The van der Waals surface area contributed by atoms with E-state index in [1.165, 1.54) is 49.7 Å². The minimum atomic E-state index is -0.670. The molecule has 0 atom stereocenters. The van der Waals surface area contributed by atoms with Gasteiger partial charge >= 0.3 is 5.97 Å². The Morgan fingerprint density at radius 3 is 2.48 bits per heavy atom. The van der Waals surface area contributed by atoms with Crippen molar-refractivity contribution in [1.29, 1.82) is 0 Å². The molecule has 0 saturated carbocycles. The van der Waals surface area contributed by atoms with E-state index < -0.39 is 11.9 Å². The van der Waals surface area contributed by atoms with Crippen molar-refractivity contribution in [3.63, 3.8) is 0 Å². The molecule has 0 bridgehead atoms. The number of rotatable bonds is 6. The number of esters is 1. The number of carbonyl (C=O) groups excluding carboxylic acids is 2. The number of halogens is 2. The number of carbonyl (C=O) groups is 2. The van der Waals surface area contributed by atoms with E-state index in [4.69, 9.17) is 32.7 Å². The summed E-state index contributed by atoms with van der Waals surface area (Å²) >= 11 is 11.9. The number of hydrogen-bond donors (Lipinski definition) is 2. The number of hydrogen-bond acceptors (Lipinski definition) is 6. The maximum atomic E-state index is 12.4. The van der Waals surface area contributed by atoms with E-state index in [1.54, 1.807) is 24.3 Å². The van der Waals surface area contributed by atoms with E-state index in [0.717, 1.165) is 0 Å². The lowest BCUT2D eigenvalue weighted by Gasteiger charge is -2.10. The lowest BCUT2D eigenvalue weighted by Crippen LogP contribution is -2.17. The Bertz CT molecular complexity index is 1160. The number of phenols is 1. The molecule has 0 aliphatic heterocycles. The molecule has 3 aromatic rings. The van der Waals surface area contributed by atoms with Crippen LogP contribution in [0.15, 0.2) is 65.8 Å². The Kier molecular flexibility index (Phi) is 7.12. The summed E-state index contributed by atoms with van der Waals surface area (Å²) in [6.07, 6.45) is 1.38. The fourth-order valence-corrected chi connectivity index (χ4v) is 3.04. The van der Waals surface area contributed by atoms with Crippen LogP contribution < -0.4 is 14.9 Å². The van der Waals surface area contributed by atoms with Crippen LogP contribution in [0.4, 0.5) is 0 Å². The van der Waals surface area contributed by atoms with E-state index in [0.29, 0.717) is 10.6 Å². The summed E-state index contributed by atoms with van der Waals surface area (Å²) in [5.41, 5.74) is 3.15. The first kappa shape index (κ1) is 22.1. The van der Waals surface area contributed by atoms with Crippen molar-refractivity contribution in [3.05, 3.63) is 87.4 Å². The van der Waals surface area contributed by atoms with E-state index in [1.807, 2.05) is 0 Å². The smallest absolute Gasteiger partial charge is 0.345 e. The molecule has 3 aromatic carbocycles. The maximum absolute atomic E-state index is 12.4. The van der Waals surface area contributed by atoms with E-state index in [2.05, 4.69) is 10.5 Å². The first-order valence-electron chi connectivity index (χ1n) is 8.85. The van der Waals surface area contributed by atoms with Crippen LogP contribution in [0.5, 0.6) is 17.2 Å². The molecule has 0 fully saturated rings. The summed E-state index contributed by atoms with van der Waals surface area (Å²) < 4.78 is 10.6. The lowest BCUT2D eigenvalue weighted by atomic mass is 10.2. The second kappa shape index (κ2) is 9.97. The molecular weight excluding hydrogens is 443 g/mol. The van der Waals surface area contributed by atoms with Crippen LogP contribution in [0.3, 0.4) is 0 Å². The van der Waals surface area contributed by atoms with Gasteiger partial charge in [-0.25, -0.2) is 10.2 Å². The largest absolute Gasteiger partial charge is 0.507 e. The summed E-state index contributed by atoms with van der Waals surface area (Å²) in [5, 5.41) is 14.1. The highest BCUT2D eigenvalue weighted by atomic mass is 35.5. The molecule has 7 nitrogen and oxygen atoms in total. The molecule has 2 N–H and O–H groups in total. The van der Waals surface area contributed by atoms with Gasteiger partial charge in [0.1, 0.15) is 5.75 Å². The van der Waals surface area contributed by atoms with Gasteiger partial charge in [-0.2, -0.15) is 5.10 Å². The molecule has 158 valence electrons. The van der Waals surface area contributed by atoms with Gasteiger partial charge < -0.3 is 14.6 Å². The average Bonchev–Trinajstić information content (AvgIpc) is 2.74. The van der Waals surface area contributed by atoms with E-state index in [9.17, 15) is 14.7 Å². The molecule has 31 heavy (non-hydrogen) atoms. The zero-order chi connectivity index (χ0) is 22.4. The fraction of sp³-hybridized carbons (Fsp3) is 0.0455. The molecule has 0 unspecified atom stereocenters. The topological polar surface area (TPSA) is 97.2 Å². The van der Waals surface area contributed by atoms with Gasteiger partial charge in [0.25, 0.3) is 5.91 Å². The Morgan fingerprint density at radius 1 is 1.00 bits per heavy atom. The number of ether oxygens (including phenoxy) is 2. The highest BCUT2D eigenvalue weighted by Gasteiger charge is 2.16. The number of aromatic hydroxyl groups is 1. The fourth-order valence-electron chi connectivity index (χ4n) is 2.55. The van der Waals surface area contributed by atoms with Crippen LogP contribution in [0.25, 0.3) is 0 Å². The average molecular weight is 459 g/mol. The van der Waals surface area contributed by atoms with E-state index in [-0.39, 0.29) is 33.4 Å². The molecule has 0 aromatic heterocycles.